The molecular weight excluding hydrogens is 396 g/mol. The number of aromatic nitrogens is 2. The van der Waals surface area contributed by atoms with Crippen molar-refractivity contribution < 1.29 is 9.53 Å². The van der Waals surface area contributed by atoms with Gasteiger partial charge in [0.1, 0.15) is 10.8 Å². The predicted octanol–water partition coefficient (Wildman–Crippen LogP) is 3.96. The number of pyridine rings is 1. The molecule has 0 aliphatic heterocycles. The highest BCUT2D eigenvalue weighted by molar-refractivity contribution is 7.13. The maximum absolute atomic E-state index is 12.6. The van der Waals surface area contributed by atoms with E-state index in [1.165, 1.54) is 11.3 Å². The summed E-state index contributed by atoms with van der Waals surface area (Å²) in [6.45, 7) is 6.60. The van der Waals surface area contributed by atoms with Crippen molar-refractivity contribution in [1.29, 1.82) is 0 Å². The van der Waals surface area contributed by atoms with E-state index in [1.807, 2.05) is 35.7 Å². The lowest BCUT2D eigenvalue weighted by molar-refractivity contribution is -0.120. The van der Waals surface area contributed by atoms with Crippen LogP contribution >= 0.6 is 11.3 Å². The number of hydrogen-bond acceptors (Lipinski definition) is 6. The maximum atomic E-state index is 12.6. The number of thiazole rings is 1. The Morgan fingerprint density at radius 1 is 1.23 bits per heavy atom. The van der Waals surface area contributed by atoms with E-state index in [0.717, 1.165) is 40.7 Å². The quantitative estimate of drug-likeness (QED) is 0.534. The normalized spacial score (nSPS) is 12.0. The van der Waals surface area contributed by atoms with Gasteiger partial charge in [-0.3, -0.25) is 14.7 Å². The Labute approximate surface area is 181 Å². The molecule has 6 nitrogen and oxygen atoms in total. The number of carbonyl (C=O) groups is 1. The Balaban J connectivity index is 1.65. The van der Waals surface area contributed by atoms with Gasteiger partial charge in [-0.1, -0.05) is 26.0 Å². The van der Waals surface area contributed by atoms with Gasteiger partial charge in [0.05, 0.1) is 25.3 Å². The van der Waals surface area contributed by atoms with Crippen LogP contribution in [0.4, 0.5) is 0 Å². The summed E-state index contributed by atoms with van der Waals surface area (Å²) in [5.74, 6) is 0.791. The smallest absolute Gasteiger partial charge is 0.226 e. The number of likely N-dealkylation sites (N-methyl/N-ethyl adjacent to an activating group) is 1. The molecule has 30 heavy (non-hydrogen) atoms. The fourth-order valence-corrected chi connectivity index (χ4v) is 4.23. The third-order valence-electron chi connectivity index (χ3n) is 5.03. The fourth-order valence-electron chi connectivity index (χ4n) is 3.42. The predicted molar refractivity (Wildman–Crippen MR) is 121 cm³/mol. The number of carbonyl (C=O) groups excluding carboxylic acids is 1. The van der Waals surface area contributed by atoms with Gasteiger partial charge in [-0.2, -0.15) is 0 Å². The Bertz CT molecular complexity index is 941. The second-order valence-corrected chi connectivity index (χ2v) is 7.74. The second kappa shape index (κ2) is 10.8. The zero-order valence-electron chi connectivity index (χ0n) is 17.7. The Hall–Kier alpha value is -2.77. The standard InChI is InChI=1S/C23H28N4O2S/c1-4-27(5-2)21(17-8-6-10-20(12-17)29-3)15-25-22(28)13-19-16-30-23(26-19)18-9-7-11-24-14-18/h6-12,14,16,21H,4-5,13,15H2,1-3H3,(H,25,28). The number of nitrogens with zero attached hydrogens (tertiary/aromatic N) is 3. The van der Waals surface area contributed by atoms with Crippen molar-refractivity contribution in [2.24, 2.45) is 0 Å². The molecule has 0 aliphatic rings. The number of ether oxygens (including phenoxy) is 1. The molecule has 0 saturated carbocycles. The lowest BCUT2D eigenvalue weighted by Crippen LogP contribution is -2.38. The molecule has 0 radical (unpaired) electrons. The van der Waals surface area contributed by atoms with Crippen LogP contribution in [0.1, 0.15) is 31.1 Å². The first-order valence-corrected chi connectivity index (χ1v) is 11.0. The maximum Gasteiger partial charge on any atom is 0.226 e. The molecule has 0 spiro atoms. The highest BCUT2D eigenvalue weighted by atomic mass is 32.1. The molecule has 0 aliphatic carbocycles. The summed E-state index contributed by atoms with van der Waals surface area (Å²) in [7, 11) is 1.67. The summed E-state index contributed by atoms with van der Waals surface area (Å²) in [5.41, 5.74) is 2.87. The molecule has 158 valence electrons. The van der Waals surface area contributed by atoms with Crippen molar-refractivity contribution in [1.82, 2.24) is 20.2 Å². The van der Waals surface area contributed by atoms with Crippen molar-refractivity contribution in [2.75, 3.05) is 26.7 Å². The lowest BCUT2D eigenvalue weighted by Gasteiger charge is -2.30. The van der Waals surface area contributed by atoms with Gasteiger partial charge in [0, 0.05) is 29.9 Å². The van der Waals surface area contributed by atoms with E-state index in [2.05, 4.69) is 40.1 Å². The average molecular weight is 425 g/mol. The average Bonchev–Trinajstić information content (AvgIpc) is 3.25. The molecular formula is C23H28N4O2S. The summed E-state index contributed by atoms with van der Waals surface area (Å²) < 4.78 is 5.38. The van der Waals surface area contributed by atoms with Crippen LogP contribution in [0.5, 0.6) is 5.75 Å². The summed E-state index contributed by atoms with van der Waals surface area (Å²) in [4.78, 5) is 23.7. The van der Waals surface area contributed by atoms with Crippen molar-refractivity contribution in [3.63, 3.8) is 0 Å². The van der Waals surface area contributed by atoms with Gasteiger partial charge >= 0.3 is 0 Å². The van der Waals surface area contributed by atoms with E-state index in [0.29, 0.717) is 6.54 Å². The third kappa shape index (κ3) is 5.64. The van der Waals surface area contributed by atoms with Crippen LogP contribution in [-0.4, -0.2) is 47.5 Å². The Morgan fingerprint density at radius 3 is 2.77 bits per heavy atom. The van der Waals surface area contributed by atoms with Gasteiger partial charge in [0.25, 0.3) is 0 Å². The van der Waals surface area contributed by atoms with Gasteiger partial charge in [-0.25, -0.2) is 4.98 Å². The van der Waals surface area contributed by atoms with E-state index >= 15 is 0 Å². The van der Waals surface area contributed by atoms with Crippen LogP contribution in [0.15, 0.2) is 54.2 Å². The van der Waals surface area contributed by atoms with Crippen LogP contribution in [0.25, 0.3) is 10.6 Å². The molecule has 0 saturated heterocycles. The highest BCUT2D eigenvalue weighted by Gasteiger charge is 2.20. The number of amides is 1. The van der Waals surface area contributed by atoms with Gasteiger partial charge in [-0.15, -0.1) is 11.3 Å². The summed E-state index contributed by atoms with van der Waals surface area (Å²) >= 11 is 1.53. The SMILES string of the molecule is CCN(CC)C(CNC(=O)Cc1csc(-c2cccnc2)n1)c1cccc(OC)c1. The molecule has 3 rings (SSSR count). The highest BCUT2D eigenvalue weighted by Crippen LogP contribution is 2.25. The Morgan fingerprint density at radius 2 is 2.07 bits per heavy atom. The number of hydrogen-bond donors (Lipinski definition) is 1. The summed E-state index contributed by atoms with van der Waals surface area (Å²) in [6.07, 6.45) is 3.78. The van der Waals surface area contributed by atoms with E-state index in [1.54, 1.807) is 19.5 Å². The number of nitrogens with one attached hydrogen (secondary N) is 1. The van der Waals surface area contributed by atoms with Crippen LogP contribution in [0.3, 0.4) is 0 Å². The zero-order valence-corrected chi connectivity index (χ0v) is 18.5. The molecule has 2 heterocycles. The fraction of sp³-hybridized carbons (Fsp3) is 0.348. The van der Waals surface area contributed by atoms with E-state index in [4.69, 9.17) is 4.74 Å². The zero-order chi connectivity index (χ0) is 21.3. The summed E-state index contributed by atoms with van der Waals surface area (Å²) in [5, 5.41) is 5.91. The van der Waals surface area contributed by atoms with Crippen molar-refractivity contribution in [3.05, 3.63) is 65.4 Å². The molecule has 3 aromatic rings. The first-order valence-electron chi connectivity index (χ1n) is 10.1. The van der Waals surface area contributed by atoms with Crippen LogP contribution in [-0.2, 0) is 11.2 Å². The molecule has 1 unspecified atom stereocenters. The molecule has 1 atom stereocenters. The van der Waals surface area contributed by atoms with Crippen LogP contribution < -0.4 is 10.1 Å². The number of rotatable bonds is 10. The van der Waals surface area contributed by atoms with Crippen molar-refractivity contribution in [3.8, 4) is 16.3 Å². The lowest BCUT2D eigenvalue weighted by atomic mass is 10.0. The molecule has 2 aromatic heterocycles. The van der Waals surface area contributed by atoms with Crippen molar-refractivity contribution >= 4 is 17.2 Å². The second-order valence-electron chi connectivity index (χ2n) is 6.88. The van der Waals surface area contributed by atoms with Crippen LogP contribution in [0.2, 0.25) is 0 Å². The van der Waals surface area contributed by atoms with E-state index in [9.17, 15) is 4.79 Å². The molecule has 1 aromatic carbocycles. The monoisotopic (exact) mass is 424 g/mol. The minimum atomic E-state index is -0.0295. The minimum absolute atomic E-state index is 0.0295. The first kappa shape index (κ1) is 21.9. The largest absolute Gasteiger partial charge is 0.497 e. The van der Waals surface area contributed by atoms with Crippen LogP contribution in [0, 0.1) is 0 Å². The number of methoxy groups -OCH3 is 1. The van der Waals surface area contributed by atoms with Gasteiger partial charge in [-0.05, 0) is 42.9 Å². The molecule has 7 heteroatoms. The third-order valence-corrected chi connectivity index (χ3v) is 5.97. The minimum Gasteiger partial charge on any atom is -0.497 e. The van der Waals surface area contributed by atoms with E-state index in [-0.39, 0.29) is 18.4 Å². The van der Waals surface area contributed by atoms with Gasteiger partial charge in [0.15, 0.2) is 0 Å². The van der Waals surface area contributed by atoms with Crippen molar-refractivity contribution in [2.45, 2.75) is 26.3 Å². The van der Waals surface area contributed by atoms with E-state index < -0.39 is 0 Å². The topological polar surface area (TPSA) is 67.4 Å². The number of benzene rings is 1. The molecule has 1 amide bonds. The van der Waals surface area contributed by atoms with Gasteiger partial charge < -0.3 is 10.1 Å². The first-order chi connectivity index (χ1) is 14.6. The molecule has 0 bridgehead atoms. The molecule has 1 N–H and O–H groups in total. The van der Waals surface area contributed by atoms with Gasteiger partial charge in [0.2, 0.25) is 5.91 Å². The Kier molecular flexibility index (Phi) is 7.93. The molecule has 0 fully saturated rings. The summed E-state index contributed by atoms with van der Waals surface area (Å²) in [6, 6.07) is 12.0.